The molecule has 0 aromatic rings. The second-order valence-electron chi connectivity index (χ2n) is 5.37. The van der Waals surface area contributed by atoms with E-state index in [1.54, 1.807) is 0 Å². The molecule has 0 unspecified atom stereocenters. The van der Waals surface area contributed by atoms with Gasteiger partial charge in [-0.1, -0.05) is 12.2 Å². The van der Waals surface area contributed by atoms with Gasteiger partial charge in [-0.3, -0.25) is 4.79 Å². The maximum absolute atomic E-state index is 12.1. The van der Waals surface area contributed by atoms with Crippen LogP contribution in [-0.4, -0.2) is 31.6 Å². The maximum atomic E-state index is 12.1. The van der Waals surface area contributed by atoms with E-state index in [1.807, 2.05) is 0 Å². The lowest BCUT2D eigenvalue weighted by Gasteiger charge is -2.37. The van der Waals surface area contributed by atoms with Gasteiger partial charge in [-0.15, -0.1) is 0 Å². The van der Waals surface area contributed by atoms with Gasteiger partial charge in [-0.05, 0) is 25.7 Å². The van der Waals surface area contributed by atoms with E-state index in [-0.39, 0.29) is 23.9 Å². The zero-order valence-electron chi connectivity index (χ0n) is 10.8. The van der Waals surface area contributed by atoms with Crippen molar-refractivity contribution in [2.24, 2.45) is 11.8 Å². The van der Waals surface area contributed by atoms with Gasteiger partial charge in [0.25, 0.3) is 0 Å². The zero-order valence-corrected chi connectivity index (χ0v) is 10.8. The van der Waals surface area contributed by atoms with Crippen LogP contribution in [0.2, 0.25) is 0 Å². The first-order chi connectivity index (χ1) is 8.77. The van der Waals surface area contributed by atoms with Crippen LogP contribution in [0.1, 0.15) is 32.1 Å². The van der Waals surface area contributed by atoms with E-state index in [1.165, 1.54) is 7.11 Å². The highest BCUT2D eigenvalue weighted by Crippen LogP contribution is 2.50. The minimum Gasteiger partial charge on any atom is -0.469 e. The molecule has 2 fully saturated rings. The Hall–Kier alpha value is -0.870. The Morgan fingerprint density at radius 1 is 1.44 bits per heavy atom. The number of ether oxygens (including phenoxy) is 3. The lowest BCUT2D eigenvalue weighted by Crippen LogP contribution is -2.46. The number of methoxy groups -OCH3 is 1. The first-order valence-electron chi connectivity index (χ1n) is 6.83. The van der Waals surface area contributed by atoms with Crippen LogP contribution in [0.5, 0.6) is 0 Å². The van der Waals surface area contributed by atoms with Crippen molar-refractivity contribution >= 4 is 5.97 Å². The number of rotatable bonds is 1. The normalized spacial score (nSPS) is 42.8. The smallest absolute Gasteiger partial charge is 0.314 e. The van der Waals surface area contributed by atoms with Crippen molar-refractivity contribution in [3.05, 3.63) is 12.2 Å². The van der Waals surface area contributed by atoms with Crippen LogP contribution in [0.4, 0.5) is 0 Å². The van der Waals surface area contributed by atoms with Crippen LogP contribution >= 0.6 is 0 Å². The number of esters is 1. The molecule has 0 saturated carbocycles. The molecule has 4 atom stereocenters. The molecule has 0 bridgehead atoms. The number of carbonyl (C=O) groups excluding carboxylic acids is 1. The first-order valence-corrected chi connectivity index (χ1v) is 6.83. The molecule has 4 nitrogen and oxygen atoms in total. The highest BCUT2D eigenvalue weighted by Gasteiger charge is 2.59. The van der Waals surface area contributed by atoms with Crippen molar-refractivity contribution in [1.82, 2.24) is 0 Å². The van der Waals surface area contributed by atoms with E-state index in [4.69, 9.17) is 14.2 Å². The molecule has 100 valence electrons. The SMILES string of the molecule is COC(=O)[C@H]1[C@@H]2CCC=C[C@@H]2O[C@]12CCCCO2. The Morgan fingerprint density at radius 3 is 3.06 bits per heavy atom. The Morgan fingerprint density at radius 2 is 2.33 bits per heavy atom. The minimum atomic E-state index is -0.727. The molecule has 1 spiro atoms. The highest BCUT2D eigenvalue weighted by atomic mass is 16.7. The molecule has 0 amide bonds. The summed E-state index contributed by atoms with van der Waals surface area (Å²) in [6, 6.07) is 0. The molecule has 2 heterocycles. The van der Waals surface area contributed by atoms with Crippen LogP contribution in [0.3, 0.4) is 0 Å². The maximum Gasteiger partial charge on any atom is 0.314 e. The fraction of sp³-hybridized carbons (Fsp3) is 0.786. The van der Waals surface area contributed by atoms with Gasteiger partial charge in [-0.2, -0.15) is 0 Å². The fourth-order valence-electron chi connectivity index (χ4n) is 3.55. The summed E-state index contributed by atoms with van der Waals surface area (Å²) in [4.78, 5) is 12.1. The third kappa shape index (κ3) is 1.79. The van der Waals surface area contributed by atoms with Crippen molar-refractivity contribution in [2.75, 3.05) is 13.7 Å². The van der Waals surface area contributed by atoms with E-state index < -0.39 is 5.79 Å². The molecule has 3 rings (SSSR count). The monoisotopic (exact) mass is 252 g/mol. The largest absolute Gasteiger partial charge is 0.469 e. The van der Waals surface area contributed by atoms with Crippen LogP contribution in [-0.2, 0) is 19.0 Å². The number of fused-ring (bicyclic) bond motifs is 1. The number of allylic oxidation sites excluding steroid dienone is 1. The molecule has 18 heavy (non-hydrogen) atoms. The predicted octanol–water partition coefficient (Wildman–Crippen LogP) is 2.04. The topological polar surface area (TPSA) is 44.8 Å². The summed E-state index contributed by atoms with van der Waals surface area (Å²) in [5.74, 6) is -0.965. The van der Waals surface area contributed by atoms with E-state index in [0.29, 0.717) is 6.61 Å². The average molecular weight is 252 g/mol. The minimum absolute atomic E-state index is 0.0148. The van der Waals surface area contributed by atoms with Gasteiger partial charge in [-0.25, -0.2) is 0 Å². The molecule has 2 saturated heterocycles. The molecular formula is C14H20O4. The summed E-state index contributed by atoms with van der Waals surface area (Å²) in [7, 11) is 1.45. The summed E-state index contributed by atoms with van der Waals surface area (Å²) in [6.45, 7) is 0.677. The van der Waals surface area contributed by atoms with E-state index in [2.05, 4.69) is 12.2 Å². The van der Waals surface area contributed by atoms with Crippen LogP contribution in [0.15, 0.2) is 12.2 Å². The second kappa shape index (κ2) is 4.67. The van der Waals surface area contributed by atoms with Crippen molar-refractivity contribution in [3.63, 3.8) is 0 Å². The van der Waals surface area contributed by atoms with Gasteiger partial charge in [0.15, 0.2) is 5.79 Å². The van der Waals surface area contributed by atoms with E-state index in [0.717, 1.165) is 32.1 Å². The third-order valence-electron chi connectivity index (χ3n) is 4.37. The molecule has 0 N–H and O–H groups in total. The van der Waals surface area contributed by atoms with Gasteiger partial charge in [0, 0.05) is 12.3 Å². The number of hydrogen-bond acceptors (Lipinski definition) is 4. The van der Waals surface area contributed by atoms with Gasteiger partial charge in [0.1, 0.15) is 5.92 Å². The van der Waals surface area contributed by atoms with Crippen LogP contribution in [0, 0.1) is 11.8 Å². The molecule has 0 radical (unpaired) electrons. The standard InChI is InChI=1S/C14H20O4/c1-16-13(15)12-10-6-2-3-7-11(10)18-14(12)8-4-5-9-17-14/h3,7,10-12H,2,4-6,8-9H2,1H3/t10-,11+,12-,14-/m1/s1. The van der Waals surface area contributed by atoms with Crippen LogP contribution in [0.25, 0.3) is 0 Å². The van der Waals surface area contributed by atoms with Gasteiger partial charge >= 0.3 is 5.97 Å². The van der Waals surface area contributed by atoms with E-state index >= 15 is 0 Å². The lowest BCUT2D eigenvalue weighted by atomic mass is 9.78. The summed E-state index contributed by atoms with van der Waals surface area (Å²) >= 11 is 0. The molecule has 4 heteroatoms. The van der Waals surface area contributed by atoms with Crippen molar-refractivity contribution in [2.45, 2.75) is 44.0 Å². The number of hydrogen-bond donors (Lipinski definition) is 0. The summed E-state index contributed by atoms with van der Waals surface area (Å²) in [5.41, 5.74) is 0. The Balaban J connectivity index is 1.92. The van der Waals surface area contributed by atoms with Gasteiger partial charge in [0.2, 0.25) is 0 Å². The molecular weight excluding hydrogens is 232 g/mol. The molecule has 2 aliphatic heterocycles. The first kappa shape index (κ1) is 12.2. The second-order valence-corrected chi connectivity index (χ2v) is 5.37. The Labute approximate surface area is 107 Å². The summed E-state index contributed by atoms with van der Waals surface area (Å²) in [6.07, 6.45) is 9.11. The fourth-order valence-corrected chi connectivity index (χ4v) is 3.55. The highest BCUT2D eigenvalue weighted by molar-refractivity contribution is 5.74. The molecule has 0 aromatic heterocycles. The van der Waals surface area contributed by atoms with E-state index in [9.17, 15) is 4.79 Å². The number of carbonyl (C=O) groups is 1. The zero-order chi connectivity index (χ0) is 12.6. The van der Waals surface area contributed by atoms with Crippen molar-refractivity contribution in [3.8, 4) is 0 Å². The summed E-state index contributed by atoms with van der Waals surface area (Å²) in [5, 5.41) is 0. The summed E-state index contributed by atoms with van der Waals surface area (Å²) < 4.78 is 17.0. The molecule has 1 aliphatic carbocycles. The van der Waals surface area contributed by atoms with Crippen molar-refractivity contribution in [1.29, 1.82) is 0 Å². The quantitative estimate of drug-likeness (QED) is 0.529. The van der Waals surface area contributed by atoms with Crippen molar-refractivity contribution < 1.29 is 19.0 Å². The lowest BCUT2D eigenvalue weighted by molar-refractivity contribution is -0.258. The Bertz CT molecular complexity index is 357. The predicted molar refractivity (Wildman–Crippen MR) is 64.8 cm³/mol. The van der Waals surface area contributed by atoms with Crippen LogP contribution < -0.4 is 0 Å². The average Bonchev–Trinajstić information content (AvgIpc) is 2.72. The molecule has 0 aromatic carbocycles. The van der Waals surface area contributed by atoms with Gasteiger partial charge < -0.3 is 14.2 Å². The molecule has 3 aliphatic rings. The third-order valence-corrected chi connectivity index (χ3v) is 4.37. The Kier molecular flexibility index (Phi) is 3.16. The van der Waals surface area contributed by atoms with Gasteiger partial charge in [0.05, 0.1) is 19.8 Å².